The third-order valence-corrected chi connectivity index (χ3v) is 4.04. The number of carboxylic acid groups (broad SMARTS) is 1. The van der Waals surface area contributed by atoms with Gasteiger partial charge in [-0.2, -0.15) is 0 Å². The molecule has 0 radical (unpaired) electrons. The van der Waals surface area contributed by atoms with Crippen molar-refractivity contribution in [3.05, 3.63) is 27.7 Å². The van der Waals surface area contributed by atoms with Crippen molar-refractivity contribution in [2.75, 3.05) is 4.90 Å². The molecule has 1 heterocycles. The summed E-state index contributed by atoms with van der Waals surface area (Å²) < 4.78 is 27.0. The number of Topliss-reactive ketones (excluding diaryl/α,β-unsaturated/α-hetero) is 1. The molecule has 1 unspecified atom stereocenters. The van der Waals surface area contributed by atoms with E-state index in [-0.39, 0.29) is 0 Å². The van der Waals surface area contributed by atoms with Crippen LogP contribution in [0.5, 0.6) is 0 Å². The van der Waals surface area contributed by atoms with Crippen LogP contribution < -0.4 is 4.90 Å². The normalized spacial score (nSPS) is 20.8. The van der Waals surface area contributed by atoms with Crippen molar-refractivity contribution in [3.63, 3.8) is 0 Å². The van der Waals surface area contributed by atoms with Crippen LogP contribution >= 0.6 is 15.9 Å². The number of rotatable bonds is 0. The number of hydrogen-bond donors (Lipinski definition) is 2. The van der Waals surface area contributed by atoms with E-state index >= 15 is 0 Å². The van der Waals surface area contributed by atoms with E-state index in [0.29, 0.717) is 4.90 Å². The number of amides is 1. The van der Waals surface area contributed by atoms with Crippen molar-refractivity contribution in [2.45, 2.75) is 25.5 Å². The monoisotopic (exact) mass is 349 g/mol. The minimum atomic E-state index is -1.75. The molecule has 1 atom stereocenters. The zero-order chi connectivity index (χ0) is 15.4. The van der Waals surface area contributed by atoms with Crippen LogP contribution in [0.3, 0.4) is 0 Å². The molecule has 0 aliphatic carbocycles. The second-order valence-electron chi connectivity index (χ2n) is 4.92. The predicted molar refractivity (Wildman–Crippen MR) is 69.0 cm³/mol. The van der Waals surface area contributed by atoms with Crippen molar-refractivity contribution < 1.29 is 28.6 Å². The molecule has 8 heteroatoms. The van der Waals surface area contributed by atoms with E-state index in [4.69, 9.17) is 0 Å². The largest absolute Gasteiger partial charge is 0.465 e. The maximum absolute atomic E-state index is 14.0. The smallest absolute Gasteiger partial charge is 0.412 e. The molecule has 0 fully saturated rings. The predicted octanol–water partition coefficient (Wildman–Crippen LogP) is 2.55. The van der Waals surface area contributed by atoms with Crippen molar-refractivity contribution in [3.8, 4) is 0 Å². The van der Waals surface area contributed by atoms with E-state index in [1.165, 1.54) is 13.8 Å². The third kappa shape index (κ3) is 1.82. The maximum Gasteiger partial charge on any atom is 0.412 e. The van der Waals surface area contributed by atoms with Gasteiger partial charge in [-0.1, -0.05) is 0 Å². The number of carbonyl (C=O) groups excluding carboxylic acids is 1. The Morgan fingerprint density at radius 3 is 2.50 bits per heavy atom. The van der Waals surface area contributed by atoms with E-state index in [9.17, 15) is 28.6 Å². The summed E-state index contributed by atoms with van der Waals surface area (Å²) in [6, 6.07) is 0.752. The summed E-state index contributed by atoms with van der Waals surface area (Å²) in [5.74, 6) is -3.25. The van der Waals surface area contributed by atoms with Gasteiger partial charge in [0, 0.05) is 0 Å². The number of aliphatic hydroxyl groups excluding tert-OH is 1. The molecule has 0 aromatic heterocycles. The minimum Gasteiger partial charge on any atom is -0.465 e. The summed E-state index contributed by atoms with van der Waals surface area (Å²) in [6.45, 7) is 2.59. The van der Waals surface area contributed by atoms with E-state index in [0.717, 1.165) is 6.07 Å². The summed E-state index contributed by atoms with van der Waals surface area (Å²) in [4.78, 5) is 24.0. The number of benzene rings is 1. The van der Waals surface area contributed by atoms with Gasteiger partial charge >= 0.3 is 6.09 Å². The number of ketones is 1. The molecule has 2 rings (SSSR count). The Kier molecular flexibility index (Phi) is 3.34. The molecule has 1 amide bonds. The van der Waals surface area contributed by atoms with Crippen molar-refractivity contribution in [1.29, 1.82) is 0 Å². The number of hydrogen-bond acceptors (Lipinski definition) is 3. The van der Waals surface area contributed by atoms with Crippen LogP contribution in [-0.2, 0) is 0 Å². The lowest BCUT2D eigenvalue weighted by atomic mass is 9.83. The van der Waals surface area contributed by atoms with Crippen LogP contribution in [-0.4, -0.2) is 33.7 Å². The highest BCUT2D eigenvalue weighted by molar-refractivity contribution is 9.10. The van der Waals surface area contributed by atoms with Crippen molar-refractivity contribution >= 4 is 33.5 Å². The van der Waals surface area contributed by atoms with Gasteiger partial charge in [-0.15, -0.1) is 0 Å². The van der Waals surface area contributed by atoms with Gasteiger partial charge in [0.1, 0.15) is 11.9 Å². The molecular formula is C12H10BrF2NO4. The number of nitrogens with zero attached hydrogens (tertiary/aromatic N) is 1. The average molecular weight is 350 g/mol. The molecule has 20 heavy (non-hydrogen) atoms. The fourth-order valence-electron chi connectivity index (χ4n) is 2.23. The van der Waals surface area contributed by atoms with Crippen LogP contribution in [0.2, 0.25) is 0 Å². The Balaban J connectivity index is 2.86. The molecule has 0 spiro atoms. The first-order valence-corrected chi connectivity index (χ1v) is 6.33. The first kappa shape index (κ1) is 14.9. The van der Waals surface area contributed by atoms with Crippen LogP contribution in [0, 0.1) is 11.6 Å². The van der Waals surface area contributed by atoms with Gasteiger partial charge in [0.2, 0.25) is 0 Å². The summed E-state index contributed by atoms with van der Waals surface area (Å²) in [7, 11) is 0. The lowest BCUT2D eigenvalue weighted by Gasteiger charge is -2.43. The minimum absolute atomic E-state index is 0.420. The van der Waals surface area contributed by atoms with Gasteiger partial charge in [-0.3, -0.25) is 9.69 Å². The van der Waals surface area contributed by atoms with Gasteiger partial charge in [0.25, 0.3) is 0 Å². The van der Waals surface area contributed by atoms with E-state index in [2.05, 4.69) is 15.9 Å². The molecule has 1 aromatic rings. The number of carbonyl (C=O) groups is 2. The van der Waals surface area contributed by atoms with Gasteiger partial charge in [-0.25, -0.2) is 13.6 Å². The van der Waals surface area contributed by atoms with Gasteiger partial charge < -0.3 is 10.2 Å². The summed E-state index contributed by atoms with van der Waals surface area (Å²) in [6.07, 6.45) is -3.28. The Morgan fingerprint density at radius 1 is 1.45 bits per heavy atom. The molecule has 0 bridgehead atoms. The summed E-state index contributed by atoms with van der Waals surface area (Å²) in [5, 5.41) is 19.1. The zero-order valence-electron chi connectivity index (χ0n) is 10.4. The Bertz CT molecular complexity index is 632. The molecule has 0 saturated heterocycles. The Morgan fingerprint density at radius 2 is 2.00 bits per heavy atom. The first-order valence-electron chi connectivity index (χ1n) is 5.53. The Labute approximate surface area is 120 Å². The zero-order valence-corrected chi connectivity index (χ0v) is 12.0. The average Bonchev–Trinajstić information content (AvgIpc) is 2.32. The van der Waals surface area contributed by atoms with Gasteiger partial charge in [-0.05, 0) is 35.8 Å². The molecular weight excluding hydrogens is 340 g/mol. The lowest BCUT2D eigenvalue weighted by Crippen LogP contribution is -2.61. The fourth-order valence-corrected chi connectivity index (χ4v) is 2.55. The maximum atomic E-state index is 14.0. The summed E-state index contributed by atoms with van der Waals surface area (Å²) >= 11 is 2.64. The van der Waals surface area contributed by atoms with Crippen molar-refractivity contribution in [2.24, 2.45) is 0 Å². The van der Waals surface area contributed by atoms with Gasteiger partial charge in [0.05, 0.1) is 21.3 Å². The molecule has 0 saturated carbocycles. The lowest BCUT2D eigenvalue weighted by molar-refractivity contribution is 0.0543. The first-order chi connectivity index (χ1) is 9.10. The Hall–Kier alpha value is -1.54. The van der Waals surface area contributed by atoms with Crippen LogP contribution in [0.25, 0.3) is 0 Å². The van der Waals surface area contributed by atoms with Gasteiger partial charge in [0.15, 0.2) is 11.6 Å². The highest BCUT2D eigenvalue weighted by atomic mass is 79.9. The van der Waals surface area contributed by atoms with E-state index < -0.39 is 50.9 Å². The molecule has 1 aliphatic rings. The standard InChI is InChI=1S/C12H10BrF2NO4/c1-12(2)10(18)9(17)6-5(16(12)11(19)20)3-4(14)7(13)8(6)15/h3,10,18H,1-2H3,(H,19,20). The van der Waals surface area contributed by atoms with Crippen LogP contribution in [0.15, 0.2) is 10.5 Å². The number of halogens is 3. The number of anilines is 1. The van der Waals surface area contributed by atoms with E-state index in [1.807, 2.05) is 0 Å². The number of aliphatic hydroxyl groups is 1. The number of fused-ring (bicyclic) bond motifs is 1. The highest BCUT2D eigenvalue weighted by Gasteiger charge is 2.50. The quantitative estimate of drug-likeness (QED) is 0.705. The SMILES string of the molecule is CC1(C)C(O)C(=O)c2c(cc(F)c(Br)c2F)N1C(=O)O. The third-order valence-electron chi connectivity index (χ3n) is 3.31. The van der Waals surface area contributed by atoms with E-state index in [1.54, 1.807) is 0 Å². The molecule has 1 aromatic carbocycles. The molecule has 1 aliphatic heterocycles. The second kappa shape index (κ2) is 4.49. The van der Waals surface area contributed by atoms with Crippen molar-refractivity contribution in [1.82, 2.24) is 0 Å². The molecule has 2 N–H and O–H groups in total. The molecule has 108 valence electrons. The van der Waals surface area contributed by atoms with Crippen LogP contribution in [0.4, 0.5) is 19.3 Å². The second-order valence-corrected chi connectivity index (χ2v) is 5.71. The topological polar surface area (TPSA) is 77.8 Å². The van der Waals surface area contributed by atoms with Crippen LogP contribution in [0.1, 0.15) is 24.2 Å². The summed E-state index contributed by atoms with van der Waals surface area (Å²) in [5.41, 5.74) is -2.61. The fraction of sp³-hybridized carbons (Fsp3) is 0.333. The molecule has 5 nitrogen and oxygen atoms in total. The highest BCUT2D eigenvalue weighted by Crippen LogP contribution is 2.41.